The molecule has 1 aliphatic carbocycles. The zero-order chi connectivity index (χ0) is 38.2. The average Bonchev–Trinajstić information content (AvgIpc) is 3.97. The van der Waals surface area contributed by atoms with E-state index in [4.69, 9.17) is 4.42 Å². The van der Waals surface area contributed by atoms with Gasteiger partial charge in [-0.1, -0.05) is 146 Å². The lowest BCUT2D eigenvalue weighted by Gasteiger charge is -2.30. The molecule has 1 aliphatic heterocycles. The van der Waals surface area contributed by atoms with E-state index in [1.807, 2.05) is 23.5 Å². The van der Waals surface area contributed by atoms with E-state index >= 15 is 0 Å². The Kier molecular flexibility index (Phi) is 7.54. The second-order valence-corrected chi connectivity index (χ2v) is 16.2. The zero-order valence-corrected chi connectivity index (χ0v) is 32.3. The van der Waals surface area contributed by atoms with Crippen LogP contribution in [0.1, 0.15) is 17.0 Å². The molecule has 3 heterocycles. The van der Waals surface area contributed by atoms with Crippen LogP contribution in [0.15, 0.2) is 211 Å². The molecule has 58 heavy (non-hydrogen) atoms. The van der Waals surface area contributed by atoms with Gasteiger partial charge in [-0.25, -0.2) is 0 Å². The molecule has 0 saturated carbocycles. The molecule has 4 heteroatoms. The van der Waals surface area contributed by atoms with Crippen LogP contribution < -0.4 is 9.80 Å². The number of fused-ring (bicyclic) bond motifs is 9. The number of hydrogen-bond donors (Lipinski definition) is 0. The Bertz CT molecular complexity index is 3250. The van der Waals surface area contributed by atoms with E-state index in [1.54, 1.807) is 0 Å². The van der Waals surface area contributed by atoms with Gasteiger partial charge in [0.15, 0.2) is 0 Å². The topological polar surface area (TPSA) is 19.6 Å². The number of para-hydroxylation sites is 3. The van der Waals surface area contributed by atoms with Crippen molar-refractivity contribution in [3.05, 3.63) is 217 Å². The van der Waals surface area contributed by atoms with Crippen LogP contribution in [-0.4, -0.2) is 6.04 Å². The van der Waals surface area contributed by atoms with Crippen molar-refractivity contribution in [1.82, 2.24) is 0 Å². The summed E-state index contributed by atoms with van der Waals surface area (Å²) in [5.74, 6) is 0.298. The minimum atomic E-state index is 0.192. The minimum Gasteiger partial charge on any atom is -0.456 e. The largest absolute Gasteiger partial charge is 0.456 e. The molecular formula is C54H36N2OS. The summed E-state index contributed by atoms with van der Waals surface area (Å²) in [7, 11) is 0. The smallest absolute Gasteiger partial charge is 0.137 e. The highest BCUT2D eigenvalue weighted by Gasteiger charge is 2.38. The lowest BCUT2D eigenvalue weighted by molar-refractivity contribution is 0.669. The van der Waals surface area contributed by atoms with Crippen molar-refractivity contribution in [2.75, 3.05) is 9.80 Å². The van der Waals surface area contributed by atoms with E-state index in [9.17, 15) is 0 Å². The standard InChI is InChI=1S/C54H36N2OS/c1-3-13-36(14-4-1)41-19-11-20-46-47-21-12-23-49(54(47)58-53(41)46)55(40-30-32-45-44-18-8-10-24-51(44)57-52(45)34-40)39-28-25-35(26-29-39)37-27-31-43-42-17-7-9-22-48(42)56(50(43)33-37)38-15-5-2-6-16-38/h1-34,43,50H. The first-order valence-electron chi connectivity index (χ1n) is 19.9. The van der Waals surface area contributed by atoms with Crippen molar-refractivity contribution in [2.24, 2.45) is 0 Å². The second kappa shape index (κ2) is 13.2. The van der Waals surface area contributed by atoms with Crippen LogP contribution in [0, 0.1) is 0 Å². The second-order valence-electron chi connectivity index (χ2n) is 15.2. The van der Waals surface area contributed by atoms with Gasteiger partial charge in [0.1, 0.15) is 11.2 Å². The highest BCUT2D eigenvalue weighted by Crippen LogP contribution is 2.50. The van der Waals surface area contributed by atoms with E-state index in [0.29, 0.717) is 5.92 Å². The molecule has 8 aromatic carbocycles. The monoisotopic (exact) mass is 760 g/mol. The predicted octanol–water partition coefficient (Wildman–Crippen LogP) is 15.3. The fraction of sp³-hybridized carbons (Fsp3) is 0.0370. The van der Waals surface area contributed by atoms with Gasteiger partial charge in [-0.15, -0.1) is 11.3 Å². The summed E-state index contributed by atoms with van der Waals surface area (Å²) in [6.45, 7) is 0. The summed E-state index contributed by atoms with van der Waals surface area (Å²) in [6.07, 6.45) is 7.18. The lowest BCUT2D eigenvalue weighted by atomic mass is 9.87. The number of nitrogens with zero attached hydrogens (tertiary/aromatic N) is 2. The Balaban J connectivity index is 0.994. The molecule has 2 atom stereocenters. The van der Waals surface area contributed by atoms with Crippen LogP contribution >= 0.6 is 11.3 Å². The third kappa shape index (κ3) is 5.19. The molecule has 2 aromatic heterocycles. The quantitative estimate of drug-likeness (QED) is 0.168. The molecule has 274 valence electrons. The maximum atomic E-state index is 6.47. The van der Waals surface area contributed by atoms with E-state index in [1.165, 1.54) is 59.4 Å². The summed E-state index contributed by atoms with van der Waals surface area (Å²) < 4.78 is 9.02. The lowest BCUT2D eigenvalue weighted by Crippen LogP contribution is -2.29. The van der Waals surface area contributed by atoms with Crippen molar-refractivity contribution in [2.45, 2.75) is 12.0 Å². The molecule has 3 nitrogen and oxygen atoms in total. The summed E-state index contributed by atoms with van der Waals surface area (Å²) >= 11 is 1.87. The molecule has 12 rings (SSSR count). The Morgan fingerprint density at radius 3 is 2.07 bits per heavy atom. The molecule has 2 unspecified atom stereocenters. The van der Waals surface area contributed by atoms with Crippen LogP contribution in [0.25, 0.3) is 58.8 Å². The van der Waals surface area contributed by atoms with Crippen LogP contribution in [0.3, 0.4) is 0 Å². The van der Waals surface area contributed by atoms with Crippen molar-refractivity contribution in [1.29, 1.82) is 0 Å². The van der Waals surface area contributed by atoms with Gasteiger partial charge in [0.25, 0.3) is 0 Å². The number of furan rings is 1. The summed E-state index contributed by atoms with van der Waals surface area (Å²) in [5, 5.41) is 4.79. The molecule has 10 aromatic rings. The van der Waals surface area contributed by atoms with Crippen molar-refractivity contribution in [3.8, 4) is 11.1 Å². The molecule has 0 fully saturated rings. The van der Waals surface area contributed by atoms with Gasteiger partial charge in [-0.3, -0.25) is 0 Å². The maximum Gasteiger partial charge on any atom is 0.137 e. The van der Waals surface area contributed by atoms with Gasteiger partial charge in [-0.2, -0.15) is 0 Å². The summed E-state index contributed by atoms with van der Waals surface area (Å²) in [6, 6.07) is 68.1. The minimum absolute atomic E-state index is 0.192. The molecule has 0 spiro atoms. The normalized spacial score (nSPS) is 15.9. The van der Waals surface area contributed by atoms with Gasteiger partial charge in [0.2, 0.25) is 0 Å². The average molecular weight is 761 g/mol. The molecule has 2 aliphatic rings. The summed E-state index contributed by atoms with van der Waals surface area (Å²) in [5.41, 5.74) is 13.9. The number of thiophene rings is 1. The fourth-order valence-electron chi connectivity index (χ4n) is 9.34. The number of rotatable bonds is 6. The van der Waals surface area contributed by atoms with Gasteiger partial charge in [0, 0.05) is 61.0 Å². The Hall–Kier alpha value is -7.14. The first kappa shape index (κ1) is 33.0. The number of benzene rings is 8. The van der Waals surface area contributed by atoms with Gasteiger partial charge >= 0.3 is 0 Å². The van der Waals surface area contributed by atoms with Crippen LogP contribution in [-0.2, 0) is 0 Å². The van der Waals surface area contributed by atoms with Crippen LogP contribution in [0.2, 0.25) is 0 Å². The molecule has 0 bridgehead atoms. The Labute approximate surface area is 340 Å². The number of allylic oxidation sites excluding steroid dienone is 2. The van der Waals surface area contributed by atoms with E-state index in [0.717, 1.165) is 39.0 Å². The number of hydrogen-bond acceptors (Lipinski definition) is 4. The Morgan fingerprint density at radius 1 is 0.517 bits per heavy atom. The van der Waals surface area contributed by atoms with Crippen molar-refractivity contribution >= 4 is 87.5 Å². The van der Waals surface area contributed by atoms with Crippen molar-refractivity contribution < 1.29 is 4.42 Å². The van der Waals surface area contributed by atoms with E-state index in [2.05, 4.69) is 204 Å². The van der Waals surface area contributed by atoms with E-state index < -0.39 is 0 Å². The molecule has 0 amide bonds. The Morgan fingerprint density at radius 2 is 1.21 bits per heavy atom. The molecular weight excluding hydrogens is 725 g/mol. The van der Waals surface area contributed by atoms with Crippen molar-refractivity contribution in [3.63, 3.8) is 0 Å². The molecule has 0 radical (unpaired) electrons. The van der Waals surface area contributed by atoms with Gasteiger partial charge < -0.3 is 14.2 Å². The zero-order valence-electron chi connectivity index (χ0n) is 31.5. The maximum absolute atomic E-state index is 6.47. The van der Waals surface area contributed by atoms with E-state index in [-0.39, 0.29) is 6.04 Å². The summed E-state index contributed by atoms with van der Waals surface area (Å²) in [4.78, 5) is 4.91. The highest BCUT2D eigenvalue weighted by molar-refractivity contribution is 7.27. The highest BCUT2D eigenvalue weighted by atomic mass is 32.1. The third-order valence-corrected chi connectivity index (χ3v) is 13.3. The fourth-order valence-corrected chi connectivity index (χ4v) is 10.7. The van der Waals surface area contributed by atoms with Gasteiger partial charge in [-0.05, 0) is 82.4 Å². The molecule has 0 N–H and O–H groups in total. The van der Waals surface area contributed by atoms with Gasteiger partial charge in [0.05, 0.1) is 16.4 Å². The SMILES string of the molecule is C1=CC2c3ccccc3N(c3ccccc3)C2C=C1c1ccc(N(c2ccc3c(c2)oc2ccccc23)c2cccc3c2sc2c(-c4ccccc4)cccc23)cc1. The first-order valence-corrected chi connectivity index (χ1v) is 20.7. The number of anilines is 5. The van der Waals surface area contributed by atoms with Crippen LogP contribution in [0.5, 0.6) is 0 Å². The molecule has 0 saturated heterocycles. The third-order valence-electron chi connectivity index (χ3n) is 12.0. The first-order chi connectivity index (χ1) is 28.8. The van der Waals surface area contributed by atoms with Crippen LogP contribution in [0.4, 0.5) is 28.4 Å². The predicted molar refractivity (Wildman–Crippen MR) is 245 cm³/mol.